The zero-order valence-corrected chi connectivity index (χ0v) is 14.3. The van der Waals surface area contributed by atoms with Crippen LogP contribution in [0.4, 0.5) is 4.79 Å². The number of amides is 1. The number of benzene rings is 1. The molecule has 0 bridgehead atoms. The molecule has 1 aliphatic heterocycles. The Morgan fingerprint density at radius 1 is 1.12 bits per heavy atom. The normalized spacial score (nSPS) is 13.6. The third-order valence-corrected chi connectivity index (χ3v) is 4.10. The highest BCUT2D eigenvalue weighted by atomic mass is 16.6. The molecule has 1 aromatic heterocycles. The number of nitrogens with zero attached hydrogens (tertiary/aromatic N) is 2. The van der Waals surface area contributed by atoms with Gasteiger partial charge in [-0.3, -0.25) is 4.98 Å². The first-order chi connectivity index (χ1) is 12.1. The summed E-state index contributed by atoms with van der Waals surface area (Å²) in [5.41, 5.74) is 2.76. The fraction of sp³-hybridized carbons (Fsp3) is 0.316. The Labute approximate surface area is 146 Å². The van der Waals surface area contributed by atoms with Gasteiger partial charge in [0.15, 0.2) is 0 Å². The van der Waals surface area contributed by atoms with Crippen molar-refractivity contribution in [2.45, 2.75) is 19.8 Å². The summed E-state index contributed by atoms with van der Waals surface area (Å²) in [5.74, 6) is 0.0320. The van der Waals surface area contributed by atoms with Crippen LogP contribution in [-0.2, 0) is 4.74 Å². The van der Waals surface area contributed by atoms with E-state index in [4.69, 9.17) is 9.47 Å². The van der Waals surface area contributed by atoms with Crippen LogP contribution in [0.2, 0.25) is 0 Å². The Hall–Kier alpha value is -2.89. The molecular formula is C19H20N2O4. The molecule has 0 unspecified atom stereocenters. The van der Waals surface area contributed by atoms with Crippen molar-refractivity contribution >= 4 is 12.1 Å². The Kier molecular flexibility index (Phi) is 4.97. The SMILES string of the molecule is COC(=O)c1cc(C)cc(-c2cc(OC(=O)N3CCCC3)ccn2)c1. The van der Waals surface area contributed by atoms with E-state index in [1.54, 1.807) is 35.4 Å². The van der Waals surface area contributed by atoms with Crippen LogP contribution in [0.25, 0.3) is 11.3 Å². The predicted octanol–water partition coefficient (Wildman–Crippen LogP) is 3.44. The number of hydrogen-bond acceptors (Lipinski definition) is 5. The molecule has 2 aromatic rings. The van der Waals surface area contributed by atoms with Gasteiger partial charge in [-0.1, -0.05) is 0 Å². The fourth-order valence-corrected chi connectivity index (χ4v) is 2.86. The highest BCUT2D eigenvalue weighted by Crippen LogP contribution is 2.25. The van der Waals surface area contributed by atoms with Crippen LogP contribution < -0.4 is 4.74 Å². The summed E-state index contributed by atoms with van der Waals surface area (Å²) in [6, 6.07) is 8.74. The minimum Gasteiger partial charge on any atom is -0.465 e. The molecule has 1 fully saturated rings. The number of carbonyl (C=O) groups excluding carboxylic acids is 2. The second-order valence-electron chi connectivity index (χ2n) is 6.02. The summed E-state index contributed by atoms with van der Waals surface area (Å²) in [7, 11) is 1.35. The number of aromatic nitrogens is 1. The largest absolute Gasteiger partial charge is 0.465 e. The number of rotatable bonds is 3. The Morgan fingerprint density at radius 3 is 2.60 bits per heavy atom. The highest BCUT2D eigenvalue weighted by molar-refractivity contribution is 5.91. The molecule has 6 nitrogen and oxygen atoms in total. The maximum absolute atomic E-state index is 12.1. The first-order valence-corrected chi connectivity index (χ1v) is 8.20. The zero-order chi connectivity index (χ0) is 17.8. The number of likely N-dealkylation sites (tertiary alicyclic amines) is 1. The van der Waals surface area contributed by atoms with Gasteiger partial charge < -0.3 is 14.4 Å². The summed E-state index contributed by atoms with van der Waals surface area (Å²) >= 11 is 0. The van der Waals surface area contributed by atoms with Crippen LogP contribution >= 0.6 is 0 Å². The standard InChI is InChI=1S/C19H20N2O4/c1-13-9-14(11-15(10-13)18(22)24-2)17-12-16(5-6-20-17)25-19(23)21-7-3-4-8-21/h5-6,9-12H,3-4,7-8H2,1-2H3. The number of hydrogen-bond donors (Lipinski definition) is 0. The molecule has 1 aliphatic rings. The first kappa shape index (κ1) is 17.0. The van der Waals surface area contributed by atoms with Gasteiger partial charge in [-0.2, -0.15) is 0 Å². The molecule has 0 N–H and O–H groups in total. The van der Waals surface area contributed by atoms with Gasteiger partial charge in [0.2, 0.25) is 0 Å². The summed E-state index contributed by atoms with van der Waals surface area (Å²) < 4.78 is 10.2. The van der Waals surface area contributed by atoms with Crippen LogP contribution in [0.1, 0.15) is 28.8 Å². The van der Waals surface area contributed by atoms with Crippen LogP contribution in [0.3, 0.4) is 0 Å². The zero-order valence-electron chi connectivity index (χ0n) is 14.3. The Morgan fingerprint density at radius 2 is 1.88 bits per heavy atom. The predicted molar refractivity (Wildman–Crippen MR) is 92.6 cm³/mol. The minimum atomic E-state index is -0.401. The summed E-state index contributed by atoms with van der Waals surface area (Å²) in [6.45, 7) is 3.36. The quantitative estimate of drug-likeness (QED) is 0.801. The first-order valence-electron chi connectivity index (χ1n) is 8.20. The van der Waals surface area contributed by atoms with Crippen LogP contribution in [-0.4, -0.2) is 42.1 Å². The van der Waals surface area contributed by atoms with Gasteiger partial charge in [-0.15, -0.1) is 0 Å². The number of methoxy groups -OCH3 is 1. The maximum atomic E-state index is 12.1. The third kappa shape index (κ3) is 3.96. The van der Waals surface area contributed by atoms with Gasteiger partial charge in [-0.05, 0) is 49.6 Å². The van der Waals surface area contributed by atoms with E-state index in [1.807, 2.05) is 13.0 Å². The van der Waals surface area contributed by atoms with E-state index in [9.17, 15) is 9.59 Å². The Balaban J connectivity index is 1.85. The molecule has 25 heavy (non-hydrogen) atoms. The molecule has 2 heterocycles. The van der Waals surface area contributed by atoms with E-state index < -0.39 is 5.97 Å². The van der Waals surface area contributed by atoms with Crippen molar-refractivity contribution in [2.24, 2.45) is 0 Å². The number of ether oxygens (including phenoxy) is 2. The van der Waals surface area contributed by atoms with Gasteiger partial charge in [-0.25, -0.2) is 9.59 Å². The maximum Gasteiger partial charge on any atom is 0.415 e. The van der Waals surface area contributed by atoms with E-state index in [2.05, 4.69) is 4.98 Å². The second kappa shape index (κ2) is 7.34. The van der Waals surface area contributed by atoms with Gasteiger partial charge in [0.25, 0.3) is 0 Å². The lowest BCUT2D eigenvalue weighted by Gasteiger charge is -2.15. The molecule has 130 valence electrons. The molecule has 1 saturated heterocycles. The smallest absolute Gasteiger partial charge is 0.415 e. The van der Waals surface area contributed by atoms with Crippen molar-refractivity contribution in [3.05, 3.63) is 47.7 Å². The monoisotopic (exact) mass is 340 g/mol. The molecule has 6 heteroatoms. The topological polar surface area (TPSA) is 68.7 Å². The van der Waals surface area contributed by atoms with Crippen molar-refractivity contribution in [2.75, 3.05) is 20.2 Å². The van der Waals surface area contributed by atoms with E-state index in [0.29, 0.717) is 17.0 Å². The molecule has 0 saturated carbocycles. The van der Waals surface area contributed by atoms with Crippen LogP contribution in [0.5, 0.6) is 5.75 Å². The average molecular weight is 340 g/mol. The lowest BCUT2D eigenvalue weighted by atomic mass is 10.0. The van der Waals surface area contributed by atoms with Crippen molar-refractivity contribution in [3.8, 4) is 17.0 Å². The minimum absolute atomic E-state index is 0.339. The second-order valence-corrected chi connectivity index (χ2v) is 6.02. The average Bonchev–Trinajstić information content (AvgIpc) is 3.15. The van der Waals surface area contributed by atoms with Gasteiger partial charge in [0, 0.05) is 30.9 Å². The lowest BCUT2D eigenvalue weighted by Crippen LogP contribution is -2.30. The summed E-state index contributed by atoms with van der Waals surface area (Å²) in [6.07, 6.45) is 3.27. The number of esters is 1. The van der Waals surface area contributed by atoms with Crippen molar-refractivity contribution < 1.29 is 19.1 Å². The van der Waals surface area contributed by atoms with Crippen molar-refractivity contribution in [1.82, 2.24) is 9.88 Å². The summed E-state index contributed by atoms with van der Waals surface area (Å²) in [4.78, 5) is 29.9. The summed E-state index contributed by atoms with van der Waals surface area (Å²) in [5, 5.41) is 0. The fourth-order valence-electron chi connectivity index (χ4n) is 2.86. The molecule has 0 aliphatic carbocycles. The molecule has 0 radical (unpaired) electrons. The van der Waals surface area contributed by atoms with Crippen LogP contribution in [0.15, 0.2) is 36.5 Å². The van der Waals surface area contributed by atoms with Gasteiger partial charge in [0.1, 0.15) is 5.75 Å². The molecule has 0 atom stereocenters. The number of carbonyl (C=O) groups is 2. The highest BCUT2D eigenvalue weighted by Gasteiger charge is 2.20. The molecular weight excluding hydrogens is 320 g/mol. The van der Waals surface area contributed by atoms with E-state index in [0.717, 1.165) is 37.1 Å². The van der Waals surface area contributed by atoms with Gasteiger partial charge in [0.05, 0.1) is 18.4 Å². The van der Waals surface area contributed by atoms with E-state index in [1.165, 1.54) is 7.11 Å². The van der Waals surface area contributed by atoms with Crippen molar-refractivity contribution in [1.29, 1.82) is 0 Å². The molecule has 1 aromatic carbocycles. The van der Waals surface area contributed by atoms with Gasteiger partial charge >= 0.3 is 12.1 Å². The lowest BCUT2D eigenvalue weighted by molar-refractivity contribution is 0.0600. The number of aryl methyl sites for hydroxylation is 1. The molecule has 3 rings (SSSR count). The van der Waals surface area contributed by atoms with Crippen LogP contribution in [0, 0.1) is 6.92 Å². The van der Waals surface area contributed by atoms with Crippen molar-refractivity contribution in [3.63, 3.8) is 0 Å². The number of pyridine rings is 1. The van der Waals surface area contributed by atoms with E-state index in [-0.39, 0.29) is 6.09 Å². The Bertz CT molecular complexity index is 798. The van der Waals surface area contributed by atoms with E-state index >= 15 is 0 Å². The third-order valence-electron chi connectivity index (χ3n) is 4.10. The molecule has 0 spiro atoms. The molecule has 1 amide bonds.